The van der Waals surface area contributed by atoms with Crippen LogP contribution in [0.25, 0.3) is 0 Å². The first-order chi connectivity index (χ1) is 7.70. The van der Waals surface area contributed by atoms with Crippen LogP contribution in [0.1, 0.15) is 16.7 Å². The van der Waals surface area contributed by atoms with E-state index in [2.05, 4.69) is 30.9 Å². The average molecular weight is 220 g/mol. The zero-order valence-electron chi connectivity index (χ0n) is 10.1. The van der Waals surface area contributed by atoms with Gasteiger partial charge in [0.15, 0.2) is 0 Å². The Hall–Kier alpha value is -1.06. The minimum Gasteiger partial charge on any atom is -0.492 e. The van der Waals surface area contributed by atoms with Crippen molar-refractivity contribution in [3.8, 4) is 5.75 Å². The molecule has 0 aromatic heterocycles. The second kappa shape index (κ2) is 4.85. The van der Waals surface area contributed by atoms with Gasteiger partial charge >= 0.3 is 0 Å². The van der Waals surface area contributed by atoms with Crippen LogP contribution in [0.3, 0.4) is 0 Å². The Morgan fingerprint density at radius 3 is 2.94 bits per heavy atom. The Balaban J connectivity index is 2.28. The molecule has 0 spiro atoms. The minimum absolute atomic E-state index is 0.708. The van der Waals surface area contributed by atoms with Crippen LogP contribution < -0.4 is 10.5 Å². The van der Waals surface area contributed by atoms with Crippen molar-refractivity contribution in [2.75, 3.05) is 26.2 Å². The third kappa shape index (κ3) is 2.36. The molecule has 0 atom stereocenters. The maximum Gasteiger partial charge on any atom is 0.126 e. The molecule has 0 fully saturated rings. The molecule has 16 heavy (non-hydrogen) atoms. The Labute approximate surface area is 97.2 Å². The van der Waals surface area contributed by atoms with E-state index >= 15 is 0 Å². The Bertz CT molecular complexity index is 376. The van der Waals surface area contributed by atoms with Gasteiger partial charge in [0.05, 0.1) is 0 Å². The molecule has 0 bridgehead atoms. The topological polar surface area (TPSA) is 38.5 Å². The number of hydrogen-bond donors (Lipinski definition) is 1. The van der Waals surface area contributed by atoms with Crippen molar-refractivity contribution in [1.82, 2.24) is 4.90 Å². The molecule has 2 rings (SSSR count). The molecule has 3 heteroatoms. The summed E-state index contributed by atoms with van der Waals surface area (Å²) in [7, 11) is 0. The SMILES string of the molecule is Cc1cc(C)c2c(c1)CN(CCN)CCO2. The summed E-state index contributed by atoms with van der Waals surface area (Å²) in [5, 5.41) is 0. The molecule has 0 radical (unpaired) electrons. The number of aryl methyl sites for hydroxylation is 2. The Kier molecular flexibility index (Phi) is 3.46. The summed E-state index contributed by atoms with van der Waals surface area (Å²) < 4.78 is 5.83. The predicted molar refractivity (Wildman–Crippen MR) is 65.7 cm³/mol. The fraction of sp³-hybridized carbons (Fsp3) is 0.538. The van der Waals surface area contributed by atoms with Crippen LogP contribution in [0.15, 0.2) is 12.1 Å². The first kappa shape index (κ1) is 11.4. The van der Waals surface area contributed by atoms with Crippen molar-refractivity contribution in [3.05, 3.63) is 28.8 Å². The number of rotatable bonds is 2. The van der Waals surface area contributed by atoms with Crippen LogP contribution in [0.5, 0.6) is 5.75 Å². The molecule has 1 aromatic rings. The van der Waals surface area contributed by atoms with E-state index in [1.165, 1.54) is 16.7 Å². The summed E-state index contributed by atoms with van der Waals surface area (Å²) >= 11 is 0. The number of nitrogens with zero attached hydrogens (tertiary/aromatic N) is 1. The summed E-state index contributed by atoms with van der Waals surface area (Å²) in [4.78, 5) is 2.35. The van der Waals surface area contributed by atoms with E-state index in [0.29, 0.717) is 6.54 Å². The molecule has 1 aliphatic heterocycles. The van der Waals surface area contributed by atoms with Gasteiger partial charge in [-0.3, -0.25) is 4.90 Å². The molecule has 0 aliphatic carbocycles. The Morgan fingerprint density at radius 1 is 1.38 bits per heavy atom. The second-order valence-corrected chi connectivity index (χ2v) is 4.48. The second-order valence-electron chi connectivity index (χ2n) is 4.48. The number of ether oxygens (including phenoxy) is 1. The van der Waals surface area contributed by atoms with Gasteiger partial charge in [0.1, 0.15) is 12.4 Å². The fourth-order valence-corrected chi connectivity index (χ4v) is 2.34. The van der Waals surface area contributed by atoms with Crippen LogP contribution in [-0.2, 0) is 6.54 Å². The lowest BCUT2D eigenvalue weighted by Crippen LogP contribution is -2.30. The molecule has 1 aliphatic rings. The van der Waals surface area contributed by atoms with Crippen LogP contribution >= 0.6 is 0 Å². The van der Waals surface area contributed by atoms with Crippen LogP contribution in [0, 0.1) is 13.8 Å². The molecule has 0 saturated carbocycles. The van der Waals surface area contributed by atoms with Gasteiger partial charge in [-0.15, -0.1) is 0 Å². The quantitative estimate of drug-likeness (QED) is 0.820. The number of fused-ring (bicyclic) bond motifs is 1. The van der Waals surface area contributed by atoms with E-state index in [1.54, 1.807) is 0 Å². The third-order valence-corrected chi connectivity index (χ3v) is 2.99. The summed E-state index contributed by atoms with van der Waals surface area (Å²) in [6.45, 7) is 8.57. The van der Waals surface area contributed by atoms with Crippen molar-refractivity contribution in [2.45, 2.75) is 20.4 Å². The van der Waals surface area contributed by atoms with E-state index in [9.17, 15) is 0 Å². The first-order valence-corrected chi connectivity index (χ1v) is 5.86. The van der Waals surface area contributed by atoms with Gasteiger partial charge in [-0.1, -0.05) is 17.7 Å². The maximum atomic E-state index is 5.83. The van der Waals surface area contributed by atoms with Crippen LogP contribution in [0.4, 0.5) is 0 Å². The van der Waals surface area contributed by atoms with Gasteiger partial charge in [-0.2, -0.15) is 0 Å². The average Bonchev–Trinajstić information content (AvgIpc) is 2.40. The molecule has 1 heterocycles. The number of hydrogen-bond acceptors (Lipinski definition) is 3. The monoisotopic (exact) mass is 220 g/mol. The lowest BCUT2D eigenvalue weighted by molar-refractivity contribution is 0.230. The molecule has 0 saturated heterocycles. The molecule has 3 nitrogen and oxygen atoms in total. The number of nitrogens with two attached hydrogens (primary N) is 1. The van der Waals surface area contributed by atoms with E-state index in [1.807, 2.05) is 0 Å². The van der Waals surface area contributed by atoms with Gasteiger partial charge in [0.2, 0.25) is 0 Å². The summed E-state index contributed by atoms with van der Waals surface area (Å²) in [6.07, 6.45) is 0. The van der Waals surface area contributed by atoms with Crippen LogP contribution in [-0.4, -0.2) is 31.1 Å². The highest BCUT2D eigenvalue weighted by molar-refractivity contribution is 5.44. The van der Waals surface area contributed by atoms with Gasteiger partial charge < -0.3 is 10.5 Å². The zero-order chi connectivity index (χ0) is 11.5. The largest absolute Gasteiger partial charge is 0.492 e. The van der Waals surface area contributed by atoms with Crippen molar-refractivity contribution in [2.24, 2.45) is 5.73 Å². The zero-order valence-corrected chi connectivity index (χ0v) is 10.1. The normalized spacial score (nSPS) is 16.4. The highest BCUT2D eigenvalue weighted by Crippen LogP contribution is 2.28. The van der Waals surface area contributed by atoms with Crippen molar-refractivity contribution in [3.63, 3.8) is 0 Å². The smallest absolute Gasteiger partial charge is 0.126 e. The summed E-state index contributed by atoms with van der Waals surface area (Å²) in [6, 6.07) is 4.40. The van der Waals surface area contributed by atoms with E-state index in [-0.39, 0.29) is 0 Å². The third-order valence-electron chi connectivity index (χ3n) is 2.99. The molecule has 2 N–H and O–H groups in total. The van der Waals surface area contributed by atoms with E-state index < -0.39 is 0 Å². The van der Waals surface area contributed by atoms with Gasteiger partial charge in [0, 0.05) is 31.7 Å². The van der Waals surface area contributed by atoms with Crippen LogP contribution in [0.2, 0.25) is 0 Å². The van der Waals surface area contributed by atoms with E-state index in [0.717, 1.165) is 32.0 Å². The van der Waals surface area contributed by atoms with Crippen molar-refractivity contribution >= 4 is 0 Å². The molecule has 0 unspecified atom stereocenters. The lowest BCUT2D eigenvalue weighted by atomic mass is 10.1. The first-order valence-electron chi connectivity index (χ1n) is 5.86. The predicted octanol–water partition coefficient (Wildman–Crippen LogP) is 1.46. The molecule has 1 aromatic carbocycles. The standard InChI is InChI=1S/C13H20N2O/c1-10-7-11(2)13-12(8-10)9-15(4-3-14)5-6-16-13/h7-8H,3-6,9,14H2,1-2H3. The molecule has 88 valence electrons. The molecular weight excluding hydrogens is 200 g/mol. The van der Waals surface area contributed by atoms with Crippen molar-refractivity contribution in [1.29, 1.82) is 0 Å². The minimum atomic E-state index is 0.708. The lowest BCUT2D eigenvalue weighted by Gasteiger charge is -2.18. The fourth-order valence-electron chi connectivity index (χ4n) is 2.34. The summed E-state index contributed by atoms with van der Waals surface area (Å²) in [5.41, 5.74) is 9.44. The van der Waals surface area contributed by atoms with Crippen molar-refractivity contribution < 1.29 is 4.74 Å². The Morgan fingerprint density at radius 2 is 2.19 bits per heavy atom. The van der Waals surface area contributed by atoms with Gasteiger partial charge in [-0.25, -0.2) is 0 Å². The molecular formula is C13H20N2O. The molecule has 0 amide bonds. The van der Waals surface area contributed by atoms with E-state index in [4.69, 9.17) is 10.5 Å². The highest BCUT2D eigenvalue weighted by Gasteiger charge is 2.16. The van der Waals surface area contributed by atoms with Gasteiger partial charge in [-0.05, 0) is 19.4 Å². The highest BCUT2D eigenvalue weighted by atomic mass is 16.5. The number of benzene rings is 1. The summed E-state index contributed by atoms with van der Waals surface area (Å²) in [5.74, 6) is 1.07. The maximum absolute atomic E-state index is 5.83. The van der Waals surface area contributed by atoms with Gasteiger partial charge in [0.25, 0.3) is 0 Å².